The van der Waals surface area contributed by atoms with Crippen molar-refractivity contribution in [3.63, 3.8) is 0 Å². The molecule has 2 aromatic heterocycles. The first kappa shape index (κ1) is 39.3. The van der Waals surface area contributed by atoms with Crippen LogP contribution in [0.25, 0.3) is 77.0 Å². The van der Waals surface area contributed by atoms with Crippen LogP contribution in [0, 0.1) is 28.7 Å². The van der Waals surface area contributed by atoms with Gasteiger partial charge in [-0.25, -0.2) is 9.97 Å². The number of aromatic hydroxyl groups is 2. The van der Waals surface area contributed by atoms with Crippen molar-refractivity contribution in [1.29, 1.82) is 0 Å². The van der Waals surface area contributed by atoms with Gasteiger partial charge < -0.3 is 25.1 Å². The van der Waals surface area contributed by atoms with Gasteiger partial charge in [0.15, 0.2) is 10.0 Å². The third kappa shape index (κ3) is 7.75. The van der Waals surface area contributed by atoms with Gasteiger partial charge in [-0.15, -0.1) is 22.7 Å². The Morgan fingerprint density at radius 1 is 0.415 bits per heavy atom. The minimum Gasteiger partial charge on any atom is -0.507 e. The van der Waals surface area contributed by atoms with E-state index in [2.05, 4.69) is 36.7 Å². The van der Waals surface area contributed by atoms with Crippen molar-refractivity contribution in [2.75, 3.05) is 0 Å². The largest absolute Gasteiger partial charge is 2.00 e. The molecule has 260 valence electrons. The summed E-state index contributed by atoms with van der Waals surface area (Å²) in [7, 11) is 0. The van der Waals surface area contributed by atoms with Crippen molar-refractivity contribution in [1.82, 2.24) is 9.97 Å². The van der Waals surface area contributed by atoms with Gasteiger partial charge in [0.1, 0.15) is 11.5 Å². The van der Waals surface area contributed by atoms with Crippen LogP contribution in [0.15, 0.2) is 144 Å². The summed E-state index contributed by atoms with van der Waals surface area (Å²) < 4.78 is 0. The fourth-order valence-corrected chi connectivity index (χ4v) is 8.21. The first-order valence-electron chi connectivity index (χ1n) is 16.3. The van der Waals surface area contributed by atoms with E-state index in [9.17, 15) is 10.2 Å². The predicted octanol–water partition coefficient (Wildman–Crippen LogP) is 13.2. The quantitative estimate of drug-likeness (QED) is 0.157. The second-order valence-corrected chi connectivity index (χ2v) is 14.0. The number of aryl methyl sites for hydroxylation is 2. The third-order valence-corrected chi connectivity index (χ3v) is 10.7. The van der Waals surface area contributed by atoms with Gasteiger partial charge in [0, 0.05) is 44.1 Å². The summed E-state index contributed by atoms with van der Waals surface area (Å²) in [5, 5.41) is 28.9. The molecule has 0 aliphatic carbocycles. The SMILES string of the molecule is Cc1cc(-c2ccccc2)c(O)c(-c2ccccc2-c2csc(-c3nc(-c4ccccc4-c4cc(C)cc(-c5ccccc5)c4O)cs3)n2)c1.[CH3-].[CH3-].[Zr+2]. The van der Waals surface area contributed by atoms with Crippen molar-refractivity contribution in [2.45, 2.75) is 13.8 Å². The van der Waals surface area contributed by atoms with Crippen LogP contribution >= 0.6 is 22.7 Å². The maximum atomic E-state index is 11.6. The smallest absolute Gasteiger partial charge is 0.507 e. The first-order valence-corrected chi connectivity index (χ1v) is 18.1. The zero-order chi connectivity index (χ0) is 34.2. The van der Waals surface area contributed by atoms with Crippen molar-refractivity contribution < 1.29 is 36.4 Å². The maximum Gasteiger partial charge on any atom is 2.00 e. The summed E-state index contributed by atoms with van der Waals surface area (Å²) >= 11 is 3.11. The molecule has 8 rings (SSSR count). The normalized spacial score (nSPS) is 10.5. The van der Waals surface area contributed by atoms with E-state index in [0.29, 0.717) is 0 Å². The van der Waals surface area contributed by atoms with Gasteiger partial charge in [0.25, 0.3) is 0 Å². The fourth-order valence-electron chi connectivity index (χ4n) is 6.52. The molecule has 6 aromatic carbocycles. The molecule has 0 aliphatic heterocycles. The Morgan fingerprint density at radius 3 is 1.11 bits per heavy atom. The van der Waals surface area contributed by atoms with E-state index in [1.54, 1.807) is 22.7 Å². The number of rotatable bonds is 7. The van der Waals surface area contributed by atoms with E-state index in [-0.39, 0.29) is 52.6 Å². The number of hydrogen-bond acceptors (Lipinski definition) is 6. The Balaban J connectivity index is 0.00000180. The standard InChI is InChI=1S/C44H32N2O2S2.2CH3.Zr/c1-27-21-35(29-13-5-3-6-14-29)41(47)37(23-27)31-17-9-11-19-33(31)39-25-49-43(45-39)44-46-40(26-50-44)34-20-12-10-18-32(34)38-24-28(2)22-36(42(38)48)30-15-7-4-8-16-30;;;/h3-26,47-48H,1-2H3;2*1H3;/q;2*-1;+2. The zero-order valence-electron chi connectivity index (χ0n) is 30.0. The van der Waals surface area contributed by atoms with E-state index < -0.39 is 0 Å². The Bertz CT molecular complexity index is 2320. The topological polar surface area (TPSA) is 66.2 Å². The van der Waals surface area contributed by atoms with Gasteiger partial charge in [-0.05, 0) is 71.5 Å². The van der Waals surface area contributed by atoms with Crippen LogP contribution in [0.2, 0.25) is 0 Å². The fraction of sp³-hybridized carbons (Fsp3) is 0.0435. The Morgan fingerprint density at radius 2 is 0.736 bits per heavy atom. The number of benzene rings is 6. The van der Waals surface area contributed by atoms with Crippen LogP contribution in [0.3, 0.4) is 0 Å². The van der Waals surface area contributed by atoms with E-state index in [4.69, 9.17) is 9.97 Å². The van der Waals surface area contributed by atoms with E-state index >= 15 is 0 Å². The number of phenolic OH excluding ortho intramolecular Hbond substituents is 2. The van der Waals surface area contributed by atoms with E-state index in [0.717, 1.165) is 88.2 Å². The van der Waals surface area contributed by atoms with Crippen LogP contribution in [0.1, 0.15) is 11.1 Å². The molecule has 0 spiro atoms. The van der Waals surface area contributed by atoms with Gasteiger partial charge in [-0.3, -0.25) is 0 Å². The first-order chi connectivity index (χ1) is 24.4. The van der Waals surface area contributed by atoms with E-state index in [1.807, 2.05) is 121 Å². The molecule has 8 aromatic rings. The van der Waals surface area contributed by atoms with Gasteiger partial charge in [-0.2, -0.15) is 0 Å². The number of aromatic nitrogens is 2. The van der Waals surface area contributed by atoms with Gasteiger partial charge >= 0.3 is 26.2 Å². The molecule has 0 atom stereocenters. The summed E-state index contributed by atoms with van der Waals surface area (Å²) in [6.07, 6.45) is 0. The average molecular weight is 806 g/mol. The molecule has 53 heavy (non-hydrogen) atoms. The maximum absolute atomic E-state index is 11.6. The van der Waals surface area contributed by atoms with Gasteiger partial charge in [0.05, 0.1) is 11.4 Å². The van der Waals surface area contributed by atoms with Crippen LogP contribution in [0.5, 0.6) is 11.5 Å². The second-order valence-electron chi connectivity index (χ2n) is 12.3. The third-order valence-electron chi connectivity index (χ3n) is 8.86. The van der Waals surface area contributed by atoms with Gasteiger partial charge in [0.2, 0.25) is 0 Å². The molecule has 0 unspecified atom stereocenters. The predicted molar refractivity (Wildman–Crippen MR) is 221 cm³/mol. The summed E-state index contributed by atoms with van der Waals surface area (Å²) in [5.74, 6) is 0.506. The second kappa shape index (κ2) is 16.8. The van der Waals surface area contributed by atoms with Crippen molar-refractivity contribution in [2.24, 2.45) is 0 Å². The molecule has 0 saturated carbocycles. The molecule has 7 heteroatoms. The molecule has 0 amide bonds. The van der Waals surface area contributed by atoms with Crippen LogP contribution in [0.4, 0.5) is 0 Å². The number of nitrogens with zero attached hydrogens (tertiary/aromatic N) is 2. The molecular weight excluding hydrogens is 768 g/mol. The molecule has 0 bridgehead atoms. The molecule has 0 fully saturated rings. The Labute approximate surface area is 339 Å². The molecular formula is C46H38N2O2S2Zr. The molecule has 2 heterocycles. The summed E-state index contributed by atoms with van der Waals surface area (Å²) in [6.45, 7) is 4.11. The Hall–Kier alpha value is -4.94. The average Bonchev–Trinajstić information content (AvgIpc) is 3.85. The van der Waals surface area contributed by atoms with Crippen LogP contribution in [-0.4, -0.2) is 20.2 Å². The zero-order valence-corrected chi connectivity index (χ0v) is 34.1. The van der Waals surface area contributed by atoms with Crippen LogP contribution < -0.4 is 0 Å². The van der Waals surface area contributed by atoms with Gasteiger partial charge in [-0.1, -0.05) is 109 Å². The molecule has 2 N–H and O–H groups in total. The molecule has 0 saturated heterocycles. The summed E-state index contributed by atoms with van der Waals surface area (Å²) in [6, 6.07) is 44.3. The summed E-state index contributed by atoms with van der Waals surface area (Å²) in [5.41, 5.74) is 12.6. The van der Waals surface area contributed by atoms with E-state index in [1.165, 1.54) is 0 Å². The van der Waals surface area contributed by atoms with Crippen molar-refractivity contribution >= 4 is 22.7 Å². The number of phenols is 2. The van der Waals surface area contributed by atoms with Crippen molar-refractivity contribution in [3.05, 3.63) is 170 Å². The van der Waals surface area contributed by atoms with Crippen molar-refractivity contribution in [3.8, 4) is 88.5 Å². The minimum atomic E-state index is 0. The number of thiazole rings is 2. The molecule has 4 nitrogen and oxygen atoms in total. The van der Waals surface area contributed by atoms with Crippen LogP contribution in [-0.2, 0) is 26.2 Å². The molecule has 0 radical (unpaired) electrons. The Kier molecular flexibility index (Phi) is 12.5. The minimum absolute atomic E-state index is 0. The molecule has 0 aliphatic rings. The monoisotopic (exact) mass is 804 g/mol. The number of hydrogen-bond donors (Lipinski definition) is 2. The summed E-state index contributed by atoms with van der Waals surface area (Å²) in [4.78, 5) is 10.1.